The number of carbonyl (C=O) groups excluding carboxylic acids is 1. The van der Waals surface area contributed by atoms with Crippen LogP contribution in [0, 0.1) is 0 Å². The zero-order chi connectivity index (χ0) is 14.5. The van der Waals surface area contributed by atoms with E-state index in [0.29, 0.717) is 5.56 Å². The Hall–Kier alpha value is -2.18. The Morgan fingerprint density at radius 3 is 2.63 bits per heavy atom. The minimum absolute atomic E-state index is 0.0577. The van der Waals surface area contributed by atoms with Gasteiger partial charge in [-0.2, -0.15) is 0 Å². The van der Waals surface area contributed by atoms with Crippen LogP contribution < -0.4 is 10.5 Å². The molecule has 0 saturated heterocycles. The lowest BCUT2D eigenvalue weighted by Gasteiger charge is -2.10. The maximum absolute atomic E-state index is 12.0. The van der Waals surface area contributed by atoms with Crippen molar-refractivity contribution in [3.8, 4) is 5.75 Å². The zero-order valence-corrected chi connectivity index (χ0v) is 10.0. The third kappa shape index (κ3) is 5.33. The minimum Gasteiger partial charge on any atom is -0.463 e. The molecule has 0 atom stereocenters. The predicted octanol–water partition coefficient (Wildman–Crippen LogP) is 2.74. The number of carbonyl (C=O) groups is 1. The van der Waals surface area contributed by atoms with Gasteiger partial charge in [-0.3, -0.25) is 0 Å². The number of hydrogen-bond acceptors (Lipinski definition) is 4. The Morgan fingerprint density at radius 2 is 2.11 bits per heavy atom. The first-order valence-electron chi connectivity index (χ1n) is 5.32. The first-order chi connectivity index (χ1) is 8.81. The van der Waals surface area contributed by atoms with E-state index in [1.807, 2.05) is 0 Å². The Bertz CT molecular complexity index is 484. The molecule has 0 spiro atoms. The molecular formula is C12H12F3NO3. The summed E-state index contributed by atoms with van der Waals surface area (Å²) in [6.45, 7) is 1.89. The van der Waals surface area contributed by atoms with Gasteiger partial charge in [-0.25, -0.2) is 4.79 Å². The quantitative estimate of drug-likeness (QED) is 0.521. The van der Waals surface area contributed by atoms with Gasteiger partial charge in [0.25, 0.3) is 0 Å². The minimum atomic E-state index is -4.77. The number of anilines is 1. The molecule has 104 valence electrons. The number of ether oxygens (including phenoxy) is 2. The molecule has 1 aromatic rings. The molecule has 0 bridgehead atoms. The van der Waals surface area contributed by atoms with Gasteiger partial charge in [0.15, 0.2) is 0 Å². The van der Waals surface area contributed by atoms with E-state index in [0.717, 1.165) is 18.2 Å². The molecule has 0 aromatic heterocycles. The second-order valence-electron chi connectivity index (χ2n) is 3.42. The van der Waals surface area contributed by atoms with Crippen LogP contribution in [0.3, 0.4) is 0 Å². The number of alkyl halides is 3. The van der Waals surface area contributed by atoms with E-state index in [1.54, 1.807) is 6.92 Å². The fraction of sp³-hybridized carbons (Fsp3) is 0.250. The van der Waals surface area contributed by atoms with Gasteiger partial charge in [0.2, 0.25) is 0 Å². The number of halogens is 3. The van der Waals surface area contributed by atoms with Gasteiger partial charge in [-0.15, -0.1) is 13.2 Å². The van der Waals surface area contributed by atoms with Crippen molar-refractivity contribution in [1.82, 2.24) is 0 Å². The van der Waals surface area contributed by atoms with E-state index in [4.69, 9.17) is 5.73 Å². The van der Waals surface area contributed by atoms with Crippen LogP contribution in [0.4, 0.5) is 18.9 Å². The molecule has 0 amide bonds. The highest BCUT2D eigenvalue weighted by Crippen LogP contribution is 2.26. The van der Waals surface area contributed by atoms with Gasteiger partial charge in [0.05, 0.1) is 6.61 Å². The molecule has 0 heterocycles. The number of hydrogen-bond donors (Lipinski definition) is 1. The van der Waals surface area contributed by atoms with Crippen molar-refractivity contribution in [1.29, 1.82) is 0 Å². The van der Waals surface area contributed by atoms with Crippen LogP contribution in [0.5, 0.6) is 5.75 Å². The molecule has 0 unspecified atom stereocenters. The predicted molar refractivity (Wildman–Crippen MR) is 63.2 cm³/mol. The van der Waals surface area contributed by atoms with E-state index >= 15 is 0 Å². The Labute approximate surface area is 107 Å². The SMILES string of the molecule is CCOC(=O)/C=C/c1ccc(OC(F)(F)F)cc1N. The lowest BCUT2D eigenvalue weighted by atomic mass is 10.1. The van der Waals surface area contributed by atoms with Crippen LogP contribution in [-0.4, -0.2) is 18.9 Å². The fourth-order valence-corrected chi connectivity index (χ4v) is 1.25. The summed E-state index contributed by atoms with van der Waals surface area (Å²) < 4.78 is 44.3. The van der Waals surface area contributed by atoms with Crippen molar-refractivity contribution in [2.24, 2.45) is 0 Å². The maximum Gasteiger partial charge on any atom is 0.573 e. The summed E-state index contributed by atoms with van der Waals surface area (Å²) in [6, 6.07) is 3.44. The second-order valence-corrected chi connectivity index (χ2v) is 3.42. The maximum atomic E-state index is 12.0. The topological polar surface area (TPSA) is 61.5 Å². The third-order valence-electron chi connectivity index (χ3n) is 1.98. The van der Waals surface area contributed by atoms with E-state index < -0.39 is 18.1 Å². The summed E-state index contributed by atoms with van der Waals surface area (Å²) >= 11 is 0. The second kappa shape index (κ2) is 6.12. The molecule has 0 aliphatic carbocycles. The molecule has 0 aliphatic heterocycles. The van der Waals surface area contributed by atoms with E-state index in [9.17, 15) is 18.0 Å². The van der Waals surface area contributed by atoms with E-state index in [2.05, 4.69) is 9.47 Å². The Balaban J connectivity index is 2.80. The number of rotatable bonds is 4. The van der Waals surface area contributed by atoms with Crippen molar-refractivity contribution in [2.75, 3.05) is 12.3 Å². The molecule has 19 heavy (non-hydrogen) atoms. The summed E-state index contributed by atoms with van der Waals surface area (Å²) in [7, 11) is 0. The number of benzene rings is 1. The van der Waals surface area contributed by atoms with Crippen LogP contribution in [0.1, 0.15) is 12.5 Å². The molecular weight excluding hydrogens is 263 g/mol. The highest BCUT2D eigenvalue weighted by Gasteiger charge is 2.31. The van der Waals surface area contributed by atoms with Crippen LogP contribution >= 0.6 is 0 Å². The van der Waals surface area contributed by atoms with Gasteiger partial charge < -0.3 is 15.2 Å². The molecule has 0 fully saturated rings. The zero-order valence-electron chi connectivity index (χ0n) is 10.0. The van der Waals surface area contributed by atoms with Crippen LogP contribution in [0.2, 0.25) is 0 Å². The lowest BCUT2D eigenvalue weighted by Crippen LogP contribution is -2.17. The average Bonchev–Trinajstić information content (AvgIpc) is 2.26. The van der Waals surface area contributed by atoms with Crippen LogP contribution in [0.25, 0.3) is 6.08 Å². The fourth-order valence-electron chi connectivity index (χ4n) is 1.25. The smallest absolute Gasteiger partial charge is 0.463 e. The molecule has 1 aromatic carbocycles. The average molecular weight is 275 g/mol. The van der Waals surface area contributed by atoms with Crippen molar-refractivity contribution < 1.29 is 27.4 Å². The number of esters is 1. The monoisotopic (exact) mass is 275 g/mol. The van der Waals surface area contributed by atoms with Crippen molar-refractivity contribution >= 4 is 17.7 Å². The summed E-state index contributed by atoms with van der Waals surface area (Å²) in [6.07, 6.45) is -2.28. The first-order valence-corrected chi connectivity index (χ1v) is 5.32. The van der Waals surface area contributed by atoms with E-state index in [-0.39, 0.29) is 12.3 Å². The normalized spacial score (nSPS) is 11.6. The molecule has 1 rings (SSSR count). The lowest BCUT2D eigenvalue weighted by molar-refractivity contribution is -0.274. The van der Waals surface area contributed by atoms with Crippen molar-refractivity contribution in [3.63, 3.8) is 0 Å². The molecule has 4 nitrogen and oxygen atoms in total. The first kappa shape index (κ1) is 14.9. The van der Waals surface area contributed by atoms with Gasteiger partial charge in [-0.1, -0.05) is 0 Å². The number of nitrogens with two attached hydrogens (primary N) is 1. The number of nitrogen functional groups attached to an aromatic ring is 1. The largest absolute Gasteiger partial charge is 0.573 e. The Kier molecular flexibility index (Phi) is 4.80. The molecule has 0 saturated carbocycles. The molecule has 0 radical (unpaired) electrons. The van der Waals surface area contributed by atoms with Gasteiger partial charge in [-0.05, 0) is 30.7 Å². The third-order valence-corrected chi connectivity index (χ3v) is 1.98. The van der Waals surface area contributed by atoms with Crippen molar-refractivity contribution in [3.05, 3.63) is 29.8 Å². The van der Waals surface area contributed by atoms with Crippen LogP contribution in [-0.2, 0) is 9.53 Å². The summed E-state index contributed by atoms with van der Waals surface area (Å²) in [5.74, 6) is -0.976. The van der Waals surface area contributed by atoms with Gasteiger partial charge in [0, 0.05) is 17.8 Å². The summed E-state index contributed by atoms with van der Waals surface area (Å²) in [5.41, 5.74) is 6.00. The highest BCUT2D eigenvalue weighted by molar-refractivity contribution is 5.88. The van der Waals surface area contributed by atoms with Crippen LogP contribution in [0.15, 0.2) is 24.3 Å². The summed E-state index contributed by atoms with van der Waals surface area (Å²) in [5, 5.41) is 0. The molecule has 7 heteroatoms. The summed E-state index contributed by atoms with van der Waals surface area (Å²) in [4.78, 5) is 11.1. The Morgan fingerprint density at radius 1 is 1.42 bits per heavy atom. The van der Waals surface area contributed by atoms with Gasteiger partial charge >= 0.3 is 12.3 Å². The van der Waals surface area contributed by atoms with Crippen molar-refractivity contribution in [2.45, 2.75) is 13.3 Å². The molecule has 0 aliphatic rings. The van der Waals surface area contributed by atoms with E-state index in [1.165, 1.54) is 12.1 Å². The standard InChI is InChI=1S/C12H12F3NO3/c1-2-18-11(17)6-4-8-3-5-9(7-10(8)16)19-12(13,14)15/h3-7H,2,16H2,1H3/b6-4+. The highest BCUT2D eigenvalue weighted by atomic mass is 19.4. The van der Waals surface area contributed by atoms with Gasteiger partial charge in [0.1, 0.15) is 5.75 Å². The molecule has 2 N–H and O–H groups in total.